The first-order valence-corrected chi connectivity index (χ1v) is 7.40. The van der Waals surface area contributed by atoms with Gasteiger partial charge < -0.3 is 15.3 Å². The van der Waals surface area contributed by atoms with Crippen LogP contribution in [0.25, 0.3) is 0 Å². The molecule has 0 unspecified atom stereocenters. The summed E-state index contributed by atoms with van der Waals surface area (Å²) in [6.07, 6.45) is 1.95. The van der Waals surface area contributed by atoms with Crippen molar-refractivity contribution in [1.82, 2.24) is 15.1 Å². The number of likely N-dealkylation sites (tertiary alicyclic amines) is 1. The summed E-state index contributed by atoms with van der Waals surface area (Å²) in [6, 6.07) is 0.163. The van der Waals surface area contributed by atoms with E-state index in [1.165, 1.54) is 0 Å². The lowest BCUT2D eigenvalue weighted by Gasteiger charge is -2.27. The van der Waals surface area contributed by atoms with E-state index in [9.17, 15) is 14.7 Å². The Morgan fingerprint density at radius 1 is 1.45 bits per heavy atom. The molecule has 6 heteroatoms. The average Bonchev–Trinajstić information content (AvgIpc) is 2.82. The van der Waals surface area contributed by atoms with Crippen LogP contribution in [0.1, 0.15) is 33.6 Å². The molecule has 1 saturated heterocycles. The molecular formula is C14H27N3O3. The maximum absolute atomic E-state index is 12.2. The van der Waals surface area contributed by atoms with Gasteiger partial charge in [-0.1, -0.05) is 0 Å². The van der Waals surface area contributed by atoms with Gasteiger partial charge in [-0.15, -0.1) is 0 Å². The SMILES string of the molecule is CCN(CC(=O)NC(C)C)C(=O)CN1CCC[C@H]1CO. The Morgan fingerprint density at radius 3 is 2.70 bits per heavy atom. The molecule has 6 nitrogen and oxygen atoms in total. The van der Waals surface area contributed by atoms with E-state index in [4.69, 9.17) is 0 Å². The number of rotatable bonds is 7. The summed E-state index contributed by atoms with van der Waals surface area (Å²) in [5.41, 5.74) is 0. The molecule has 1 rings (SSSR count). The standard InChI is InChI=1S/C14H27N3O3/c1-4-16(8-13(19)15-11(2)3)14(20)9-17-7-5-6-12(17)10-18/h11-12,18H,4-10H2,1-3H3,(H,15,19)/t12-/m0/s1. The highest BCUT2D eigenvalue weighted by Crippen LogP contribution is 2.16. The Kier molecular flexibility index (Phi) is 6.95. The van der Waals surface area contributed by atoms with Crippen LogP contribution in [-0.2, 0) is 9.59 Å². The summed E-state index contributed by atoms with van der Waals surface area (Å²) in [6.45, 7) is 7.49. The molecule has 20 heavy (non-hydrogen) atoms. The second kappa shape index (κ2) is 8.21. The van der Waals surface area contributed by atoms with Gasteiger partial charge in [0.05, 0.1) is 19.7 Å². The molecule has 1 aliphatic heterocycles. The lowest BCUT2D eigenvalue weighted by Crippen LogP contribution is -2.47. The number of nitrogens with zero attached hydrogens (tertiary/aromatic N) is 2. The molecule has 2 N–H and O–H groups in total. The highest BCUT2D eigenvalue weighted by Gasteiger charge is 2.27. The lowest BCUT2D eigenvalue weighted by molar-refractivity contribution is -0.137. The highest BCUT2D eigenvalue weighted by molar-refractivity contribution is 5.85. The van der Waals surface area contributed by atoms with Gasteiger partial charge in [0, 0.05) is 18.6 Å². The van der Waals surface area contributed by atoms with Crippen LogP contribution in [0.15, 0.2) is 0 Å². The minimum Gasteiger partial charge on any atom is -0.395 e. The van der Waals surface area contributed by atoms with Crippen molar-refractivity contribution in [3.05, 3.63) is 0 Å². The number of nitrogens with one attached hydrogen (secondary N) is 1. The number of carbonyl (C=O) groups is 2. The third-order valence-corrected chi connectivity index (χ3v) is 3.57. The van der Waals surface area contributed by atoms with Gasteiger partial charge in [0.15, 0.2) is 0 Å². The fraction of sp³-hybridized carbons (Fsp3) is 0.857. The maximum Gasteiger partial charge on any atom is 0.239 e. The Morgan fingerprint density at radius 2 is 2.15 bits per heavy atom. The predicted molar refractivity (Wildman–Crippen MR) is 77.2 cm³/mol. The van der Waals surface area contributed by atoms with Crippen LogP contribution < -0.4 is 5.32 Å². The van der Waals surface area contributed by atoms with Gasteiger partial charge in [-0.05, 0) is 40.2 Å². The Balaban J connectivity index is 2.48. The molecule has 0 spiro atoms. The number of amides is 2. The van der Waals surface area contributed by atoms with E-state index in [2.05, 4.69) is 5.32 Å². The van der Waals surface area contributed by atoms with Crippen LogP contribution >= 0.6 is 0 Å². The molecule has 116 valence electrons. The maximum atomic E-state index is 12.2. The van der Waals surface area contributed by atoms with Gasteiger partial charge in [-0.25, -0.2) is 0 Å². The molecule has 0 radical (unpaired) electrons. The van der Waals surface area contributed by atoms with Crippen LogP contribution in [0, 0.1) is 0 Å². The van der Waals surface area contributed by atoms with Crippen LogP contribution in [0.5, 0.6) is 0 Å². The summed E-state index contributed by atoms with van der Waals surface area (Å²) in [7, 11) is 0. The van der Waals surface area contributed by atoms with E-state index in [-0.39, 0.29) is 43.6 Å². The summed E-state index contributed by atoms with van der Waals surface area (Å²) in [5, 5.41) is 12.0. The normalized spacial score (nSPS) is 19.4. The molecule has 0 aromatic heterocycles. The van der Waals surface area contributed by atoms with Gasteiger partial charge >= 0.3 is 0 Å². The van der Waals surface area contributed by atoms with Crippen LogP contribution in [0.3, 0.4) is 0 Å². The molecule has 1 heterocycles. The monoisotopic (exact) mass is 285 g/mol. The zero-order chi connectivity index (χ0) is 15.1. The Hall–Kier alpha value is -1.14. The van der Waals surface area contributed by atoms with Crippen molar-refractivity contribution in [3.63, 3.8) is 0 Å². The van der Waals surface area contributed by atoms with E-state index in [1.54, 1.807) is 4.90 Å². The lowest BCUT2D eigenvalue weighted by atomic mass is 10.2. The van der Waals surface area contributed by atoms with Crippen molar-refractivity contribution in [1.29, 1.82) is 0 Å². The largest absolute Gasteiger partial charge is 0.395 e. The van der Waals surface area contributed by atoms with Gasteiger partial charge in [-0.3, -0.25) is 14.5 Å². The number of aliphatic hydroxyl groups excluding tert-OH is 1. The number of likely N-dealkylation sites (N-methyl/N-ethyl adjacent to an activating group) is 1. The smallest absolute Gasteiger partial charge is 0.239 e. The summed E-state index contributed by atoms with van der Waals surface area (Å²) >= 11 is 0. The molecule has 0 bridgehead atoms. The minimum absolute atomic E-state index is 0.0493. The Labute approximate surface area is 121 Å². The predicted octanol–water partition coefficient (Wildman–Crippen LogP) is -0.184. The second-order valence-electron chi connectivity index (χ2n) is 5.58. The van der Waals surface area contributed by atoms with Crippen molar-refractivity contribution in [3.8, 4) is 0 Å². The zero-order valence-electron chi connectivity index (χ0n) is 12.8. The molecule has 2 amide bonds. The number of hydrogen-bond donors (Lipinski definition) is 2. The third-order valence-electron chi connectivity index (χ3n) is 3.57. The molecule has 0 aliphatic carbocycles. The molecular weight excluding hydrogens is 258 g/mol. The summed E-state index contributed by atoms with van der Waals surface area (Å²) < 4.78 is 0. The molecule has 0 aromatic carbocycles. The van der Waals surface area contributed by atoms with E-state index in [0.29, 0.717) is 6.54 Å². The summed E-state index contributed by atoms with van der Waals surface area (Å²) in [5.74, 6) is -0.179. The Bertz CT molecular complexity index is 334. The van der Waals surface area contributed by atoms with Crippen molar-refractivity contribution in [2.75, 3.05) is 32.8 Å². The molecule has 1 atom stereocenters. The number of aliphatic hydroxyl groups is 1. The number of carbonyl (C=O) groups excluding carboxylic acids is 2. The zero-order valence-corrected chi connectivity index (χ0v) is 12.8. The van der Waals surface area contributed by atoms with Crippen LogP contribution in [-0.4, -0.2) is 71.6 Å². The fourth-order valence-electron chi connectivity index (χ4n) is 2.50. The van der Waals surface area contributed by atoms with Gasteiger partial charge in [-0.2, -0.15) is 0 Å². The van der Waals surface area contributed by atoms with Gasteiger partial charge in [0.1, 0.15) is 0 Å². The molecule has 1 aliphatic rings. The first kappa shape index (κ1) is 16.9. The minimum atomic E-state index is -0.129. The van der Waals surface area contributed by atoms with Crippen molar-refractivity contribution in [2.24, 2.45) is 0 Å². The first-order valence-electron chi connectivity index (χ1n) is 7.40. The van der Waals surface area contributed by atoms with Crippen LogP contribution in [0.2, 0.25) is 0 Å². The van der Waals surface area contributed by atoms with E-state index < -0.39 is 0 Å². The van der Waals surface area contributed by atoms with E-state index in [0.717, 1.165) is 19.4 Å². The van der Waals surface area contributed by atoms with Gasteiger partial charge in [0.25, 0.3) is 0 Å². The molecule has 1 fully saturated rings. The van der Waals surface area contributed by atoms with E-state index in [1.807, 2.05) is 25.7 Å². The fourth-order valence-corrected chi connectivity index (χ4v) is 2.50. The second-order valence-corrected chi connectivity index (χ2v) is 5.58. The third kappa shape index (κ3) is 5.09. The molecule has 0 aromatic rings. The topological polar surface area (TPSA) is 72.9 Å². The van der Waals surface area contributed by atoms with Gasteiger partial charge in [0.2, 0.25) is 11.8 Å². The number of hydrogen-bond acceptors (Lipinski definition) is 4. The average molecular weight is 285 g/mol. The first-order chi connectivity index (χ1) is 9.47. The van der Waals surface area contributed by atoms with Crippen LogP contribution in [0.4, 0.5) is 0 Å². The van der Waals surface area contributed by atoms with Crippen molar-refractivity contribution in [2.45, 2.75) is 45.7 Å². The summed E-state index contributed by atoms with van der Waals surface area (Å²) in [4.78, 5) is 27.5. The van der Waals surface area contributed by atoms with Crippen molar-refractivity contribution >= 4 is 11.8 Å². The van der Waals surface area contributed by atoms with Crippen molar-refractivity contribution < 1.29 is 14.7 Å². The highest BCUT2D eigenvalue weighted by atomic mass is 16.3. The van der Waals surface area contributed by atoms with E-state index >= 15 is 0 Å². The molecule has 0 saturated carbocycles. The quantitative estimate of drug-likeness (QED) is 0.680.